The molecule has 3 aliphatic rings. The van der Waals surface area contributed by atoms with Crippen molar-refractivity contribution >= 4 is 11.8 Å². The molecule has 1 aromatic carbocycles. The number of esters is 1. The van der Waals surface area contributed by atoms with Crippen LogP contribution >= 0.6 is 0 Å². The molecule has 1 saturated carbocycles. The summed E-state index contributed by atoms with van der Waals surface area (Å²) in [5, 5.41) is 2.83. The number of Topliss-reactive ketones (excluding diaryl/α,β-unsaturated/α-hetero) is 1. The van der Waals surface area contributed by atoms with E-state index in [1.807, 2.05) is 0 Å². The molecule has 2 aliphatic carbocycles. The molecule has 1 heterocycles. The Morgan fingerprint density at radius 3 is 2.63 bits per heavy atom. The molecule has 1 aromatic rings. The van der Waals surface area contributed by atoms with Crippen LogP contribution in [0.15, 0.2) is 34.7 Å². The smallest absolute Gasteiger partial charge is 0.336 e. The first kappa shape index (κ1) is 17.8. The molecule has 1 fully saturated rings. The van der Waals surface area contributed by atoms with Crippen molar-refractivity contribution in [3.8, 4) is 0 Å². The van der Waals surface area contributed by atoms with Crippen LogP contribution in [0, 0.1) is 11.6 Å². The Kier molecular flexibility index (Phi) is 4.32. The van der Waals surface area contributed by atoms with Gasteiger partial charge in [-0.2, -0.15) is 0 Å². The molecule has 27 heavy (non-hydrogen) atoms. The van der Waals surface area contributed by atoms with Crippen molar-refractivity contribution in [3.63, 3.8) is 0 Å². The lowest BCUT2D eigenvalue weighted by atomic mass is 9.77. The van der Waals surface area contributed by atoms with Gasteiger partial charge in [0, 0.05) is 29.7 Å². The summed E-state index contributed by atoms with van der Waals surface area (Å²) in [5.74, 6) is -3.67. The highest BCUT2D eigenvalue weighted by Gasteiger charge is 2.44. The second-order valence-corrected chi connectivity index (χ2v) is 7.06. The highest BCUT2D eigenvalue weighted by atomic mass is 19.1. The molecule has 142 valence electrons. The standard InChI is InChI=1S/C20H18F3NO3/c1-27-20(26)19-14(8-21)24-13-4-5-15(25)18(13)17(19)11-6-10(22)7-12(23)16(11)9-2-3-9/h6-7,9,17,24H,2-5,8H2,1H3. The fraction of sp³-hybridized carbons (Fsp3) is 0.400. The number of alkyl halides is 1. The number of allylic oxidation sites excluding steroid dienone is 3. The number of dihydropyridines is 1. The highest BCUT2D eigenvalue weighted by molar-refractivity contribution is 6.05. The van der Waals surface area contributed by atoms with Crippen LogP contribution in [-0.2, 0) is 14.3 Å². The zero-order valence-electron chi connectivity index (χ0n) is 14.7. The van der Waals surface area contributed by atoms with Crippen LogP contribution in [0.5, 0.6) is 0 Å². The molecular formula is C20H18F3NO3. The topological polar surface area (TPSA) is 55.4 Å². The lowest BCUT2D eigenvalue weighted by molar-refractivity contribution is -0.136. The monoisotopic (exact) mass is 377 g/mol. The van der Waals surface area contributed by atoms with Gasteiger partial charge in [0.2, 0.25) is 0 Å². The third-order valence-electron chi connectivity index (χ3n) is 5.39. The molecule has 0 radical (unpaired) electrons. The molecule has 0 bridgehead atoms. The third kappa shape index (κ3) is 2.85. The van der Waals surface area contributed by atoms with Crippen LogP contribution < -0.4 is 5.32 Å². The number of methoxy groups -OCH3 is 1. The van der Waals surface area contributed by atoms with E-state index in [0.29, 0.717) is 17.7 Å². The SMILES string of the molecule is COC(=O)C1=C(CF)NC2=C(C(=O)CC2)C1c1cc(F)cc(F)c1C1CC1. The van der Waals surface area contributed by atoms with Gasteiger partial charge in [-0.05, 0) is 42.4 Å². The zero-order valence-corrected chi connectivity index (χ0v) is 14.7. The lowest BCUT2D eigenvalue weighted by Gasteiger charge is -2.30. The first-order valence-electron chi connectivity index (χ1n) is 8.85. The molecule has 1 N–H and O–H groups in total. The van der Waals surface area contributed by atoms with E-state index in [9.17, 15) is 22.8 Å². The summed E-state index contributed by atoms with van der Waals surface area (Å²) in [5.41, 5.74) is 1.18. The average Bonchev–Trinajstić information content (AvgIpc) is 3.41. The van der Waals surface area contributed by atoms with Gasteiger partial charge in [-0.3, -0.25) is 4.79 Å². The van der Waals surface area contributed by atoms with Crippen LogP contribution in [0.4, 0.5) is 13.2 Å². The van der Waals surface area contributed by atoms with Crippen LogP contribution in [0.3, 0.4) is 0 Å². The Morgan fingerprint density at radius 2 is 2.00 bits per heavy atom. The quantitative estimate of drug-likeness (QED) is 0.816. The second kappa shape index (κ2) is 6.55. The number of halogens is 3. The molecule has 4 nitrogen and oxygen atoms in total. The molecule has 0 amide bonds. The van der Waals surface area contributed by atoms with Gasteiger partial charge < -0.3 is 10.1 Å². The van der Waals surface area contributed by atoms with Gasteiger partial charge in [0.1, 0.15) is 18.3 Å². The van der Waals surface area contributed by atoms with Gasteiger partial charge in [-0.25, -0.2) is 18.0 Å². The highest BCUT2D eigenvalue weighted by Crippen LogP contribution is 2.50. The zero-order chi connectivity index (χ0) is 19.3. The maximum Gasteiger partial charge on any atom is 0.336 e. The van der Waals surface area contributed by atoms with Gasteiger partial charge >= 0.3 is 5.97 Å². The predicted octanol–water partition coefficient (Wildman–Crippen LogP) is 3.54. The molecule has 0 aromatic heterocycles. The van der Waals surface area contributed by atoms with E-state index in [0.717, 1.165) is 32.1 Å². The van der Waals surface area contributed by atoms with Crippen LogP contribution in [-0.4, -0.2) is 25.5 Å². The number of hydrogen-bond acceptors (Lipinski definition) is 4. The molecule has 4 rings (SSSR count). The summed E-state index contributed by atoms with van der Waals surface area (Å²) in [4.78, 5) is 25.0. The summed E-state index contributed by atoms with van der Waals surface area (Å²) >= 11 is 0. The van der Waals surface area contributed by atoms with Crippen molar-refractivity contribution < 1.29 is 27.5 Å². The van der Waals surface area contributed by atoms with Gasteiger partial charge in [0.15, 0.2) is 5.78 Å². The van der Waals surface area contributed by atoms with Crippen molar-refractivity contribution in [2.45, 2.75) is 37.5 Å². The maximum absolute atomic E-state index is 14.6. The number of ketones is 1. The average molecular weight is 377 g/mol. The first-order valence-corrected chi connectivity index (χ1v) is 8.85. The number of carbonyl (C=O) groups is 2. The number of benzene rings is 1. The molecule has 0 spiro atoms. The van der Waals surface area contributed by atoms with E-state index in [1.54, 1.807) is 0 Å². The molecular weight excluding hydrogens is 359 g/mol. The summed E-state index contributed by atoms with van der Waals surface area (Å²) < 4.78 is 47.3. The van der Waals surface area contributed by atoms with Gasteiger partial charge in [-0.15, -0.1) is 0 Å². The maximum atomic E-state index is 14.6. The molecule has 1 aliphatic heterocycles. The molecule has 1 unspecified atom stereocenters. The van der Waals surface area contributed by atoms with Crippen molar-refractivity contribution in [3.05, 3.63) is 57.4 Å². The lowest BCUT2D eigenvalue weighted by Crippen LogP contribution is -2.32. The molecule has 1 atom stereocenters. The molecule has 0 saturated heterocycles. The number of hydrogen-bond donors (Lipinski definition) is 1. The fourth-order valence-electron chi connectivity index (χ4n) is 4.12. The Balaban J connectivity index is 1.99. The minimum atomic E-state index is -1.03. The minimum Gasteiger partial charge on any atom is -0.466 e. The number of nitrogens with one attached hydrogen (secondary N) is 1. The number of rotatable bonds is 4. The number of carbonyl (C=O) groups excluding carboxylic acids is 2. The summed E-state index contributed by atoms with van der Waals surface area (Å²) in [7, 11) is 1.15. The summed E-state index contributed by atoms with van der Waals surface area (Å²) in [6.45, 7) is -0.984. The predicted molar refractivity (Wildman–Crippen MR) is 90.5 cm³/mol. The summed E-state index contributed by atoms with van der Waals surface area (Å²) in [6.07, 6.45) is 2.07. The van der Waals surface area contributed by atoms with E-state index in [2.05, 4.69) is 5.32 Å². The van der Waals surface area contributed by atoms with Crippen molar-refractivity contribution in [2.75, 3.05) is 13.8 Å². The van der Waals surface area contributed by atoms with E-state index >= 15 is 0 Å². The Bertz CT molecular complexity index is 915. The van der Waals surface area contributed by atoms with Crippen molar-refractivity contribution in [1.82, 2.24) is 5.32 Å². The van der Waals surface area contributed by atoms with Gasteiger partial charge in [0.25, 0.3) is 0 Å². The van der Waals surface area contributed by atoms with E-state index in [1.165, 1.54) is 0 Å². The number of ether oxygens (including phenoxy) is 1. The normalized spacial score (nSPS) is 22.1. The third-order valence-corrected chi connectivity index (χ3v) is 5.39. The Labute approximate surface area is 154 Å². The first-order chi connectivity index (χ1) is 13.0. The van der Waals surface area contributed by atoms with Gasteiger partial charge in [0.05, 0.1) is 18.4 Å². The fourth-order valence-corrected chi connectivity index (χ4v) is 4.12. The van der Waals surface area contributed by atoms with E-state index in [4.69, 9.17) is 4.74 Å². The largest absolute Gasteiger partial charge is 0.466 e. The van der Waals surface area contributed by atoms with Gasteiger partial charge in [-0.1, -0.05) is 0 Å². The Hall–Kier alpha value is -2.57. The summed E-state index contributed by atoms with van der Waals surface area (Å²) in [6, 6.07) is 1.96. The van der Waals surface area contributed by atoms with E-state index < -0.39 is 30.2 Å². The second-order valence-electron chi connectivity index (χ2n) is 7.06. The van der Waals surface area contributed by atoms with E-state index in [-0.39, 0.29) is 40.5 Å². The minimum absolute atomic E-state index is 0.0216. The van der Waals surface area contributed by atoms with Crippen molar-refractivity contribution in [1.29, 1.82) is 0 Å². The van der Waals surface area contributed by atoms with Crippen LogP contribution in [0.25, 0.3) is 0 Å². The molecule has 7 heteroatoms. The van der Waals surface area contributed by atoms with Crippen LogP contribution in [0.1, 0.15) is 48.6 Å². The Morgan fingerprint density at radius 1 is 1.26 bits per heavy atom. The van der Waals surface area contributed by atoms with Crippen molar-refractivity contribution in [2.24, 2.45) is 0 Å². The van der Waals surface area contributed by atoms with Crippen LogP contribution in [0.2, 0.25) is 0 Å².